The van der Waals surface area contributed by atoms with Crippen molar-refractivity contribution < 1.29 is 4.21 Å². The fourth-order valence-electron chi connectivity index (χ4n) is 2.66. The highest BCUT2D eigenvalue weighted by Crippen LogP contribution is 2.11. The first kappa shape index (κ1) is 19.5. The SMILES string of the molecule is CC(C)N1CCCS(=O)CC1.CC(C)N1CCCSCC1. The molecule has 0 spiro atoms. The van der Waals surface area contributed by atoms with Gasteiger partial charge in [-0.15, -0.1) is 0 Å². The molecule has 1 unspecified atom stereocenters. The van der Waals surface area contributed by atoms with Crippen LogP contribution in [0.25, 0.3) is 0 Å². The molecule has 0 amide bonds. The molecule has 0 aliphatic carbocycles. The van der Waals surface area contributed by atoms with Crippen molar-refractivity contribution in [1.82, 2.24) is 9.80 Å². The third-order valence-electron chi connectivity index (χ3n) is 4.14. The van der Waals surface area contributed by atoms with E-state index in [2.05, 4.69) is 49.3 Å². The zero-order valence-electron chi connectivity index (χ0n) is 14.3. The van der Waals surface area contributed by atoms with E-state index in [9.17, 15) is 4.21 Å². The maximum absolute atomic E-state index is 11.1. The van der Waals surface area contributed by atoms with Crippen LogP contribution in [0.3, 0.4) is 0 Å². The van der Waals surface area contributed by atoms with Crippen LogP contribution in [0.1, 0.15) is 40.5 Å². The standard InChI is InChI=1S/C8H17NOS.C8H17NS/c1-8(2)9-4-3-6-11(10)7-5-9;1-8(2)9-4-3-6-10-7-5-9/h8H,3-7H2,1-2H3;8H,3-7H2,1-2H3. The van der Waals surface area contributed by atoms with Crippen molar-refractivity contribution in [1.29, 1.82) is 0 Å². The maximum Gasteiger partial charge on any atom is 0.0362 e. The summed E-state index contributed by atoms with van der Waals surface area (Å²) in [5.41, 5.74) is 0. The third-order valence-corrected chi connectivity index (χ3v) is 6.57. The van der Waals surface area contributed by atoms with Gasteiger partial charge in [-0.3, -0.25) is 9.11 Å². The van der Waals surface area contributed by atoms with Crippen LogP contribution in [0, 0.1) is 0 Å². The molecule has 0 aromatic rings. The molecular formula is C16H34N2OS2. The number of rotatable bonds is 2. The summed E-state index contributed by atoms with van der Waals surface area (Å²) >= 11 is 2.10. The molecule has 2 aliphatic heterocycles. The molecule has 0 saturated carbocycles. The Balaban J connectivity index is 0.000000211. The van der Waals surface area contributed by atoms with Crippen LogP contribution in [0.5, 0.6) is 0 Å². The summed E-state index contributed by atoms with van der Waals surface area (Å²) in [5, 5.41) is 0. The predicted octanol–water partition coefficient (Wildman–Crippen LogP) is 2.68. The molecule has 2 fully saturated rings. The van der Waals surface area contributed by atoms with E-state index in [0.29, 0.717) is 6.04 Å². The van der Waals surface area contributed by atoms with Crippen molar-refractivity contribution in [3.05, 3.63) is 0 Å². The summed E-state index contributed by atoms with van der Waals surface area (Å²) in [5.74, 6) is 4.47. The fourth-order valence-corrected chi connectivity index (χ4v) is 4.65. The lowest BCUT2D eigenvalue weighted by atomic mass is 10.3. The summed E-state index contributed by atoms with van der Waals surface area (Å²) in [6.45, 7) is 13.7. The normalized spacial score (nSPS) is 26.1. The zero-order valence-corrected chi connectivity index (χ0v) is 16.0. The average Bonchev–Trinajstić information content (AvgIpc) is 2.81. The molecule has 21 heavy (non-hydrogen) atoms. The van der Waals surface area contributed by atoms with E-state index in [1.54, 1.807) is 0 Å². The molecule has 0 radical (unpaired) electrons. The summed E-state index contributed by atoms with van der Waals surface area (Å²) < 4.78 is 11.1. The molecule has 0 N–H and O–H groups in total. The van der Waals surface area contributed by atoms with Crippen molar-refractivity contribution in [2.75, 3.05) is 49.2 Å². The molecule has 2 saturated heterocycles. The molecule has 2 aliphatic rings. The van der Waals surface area contributed by atoms with E-state index in [-0.39, 0.29) is 0 Å². The third kappa shape index (κ3) is 8.58. The van der Waals surface area contributed by atoms with Gasteiger partial charge in [-0.25, -0.2) is 0 Å². The minimum atomic E-state index is -0.536. The number of nitrogens with zero attached hydrogens (tertiary/aromatic N) is 2. The Morgan fingerprint density at radius 1 is 0.810 bits per heavy atom. The first-order valence-electron chi connectivity index (χ1n) is 8.41. The number of hydrogen-bond acceptors (Lipinski definition) is 4. The van der Waals surface area contributed by atoms with Crippen molar-refractivity contribution in [3.8, 4) is 0 Å². The summed E-state index contributed by atoms with van der Waals surface area (Å²) in [7, 11) is -0.536. The topological polar surface area (TPSA) is 23.6 Å². The highest BCUT2D eigenvalue weighted by Gasteiger charge is 2.14. The Labute approximate surface area is 138 Å². The second kappa shape index (κ2) is 11.0. The van der Waals surface area contributed by atoms with Crippen LogP contribution >= 0.6 is 11.8 Å². The second-order valence-corrected chi connectivity index (χ2v) is 9.35. The number of hydrogen-bond donors (Lipinski definition) is 0. The van der Waals surface area contributed by atoms with Gasteiger partial charge in [0.25, 0.3) is 0 Å². The largest absolute Gasteiger partial charge is 0.300 e. The molecule has 0 bridgehead atoms. The first-order chi connectivity index (χ1) is 10.0. The van der Waals surface area contributed by atoms with E-state index in [1.165, 1.54) is 31.0 Å². The van der Waals surface area contributed by atoms with E-state index in [0.717, 1.165) is 37.1 Å². The molecule has 2 rings (SSSR count). The Hall–Kier alpha value is 0.420. The summed E-state index contributed by atoms with van der Waals surface area (Å²) in [6.07, 6.45) is 2.48. The van der Waals surface area contributed by atoms with Crippen LogP contribution in [0.2, 0.25) is 0 Å². The molecular weight excluding hydrogens is 300 g/mol. The van der Waals surface area contributed by atoms with Gasteiger partial charge in [-0.1, -0.05) is 0 Å². The second-order valence-electron chi connectivity index (χ2n) is 6.43. The predicted molar refractivity (Wildman–Crippen MR) is 97.9 cm³/mol. The Morgan fingerprint density at radius 3 is 2.10 bits per heavy atom. The Kier molecular flexibility index (Phi) is 10.2. The van der Waals surface area contributed by atoms with Crippen molar-refractivity contribution in [2.24, 2.45) is 0 Å². The van der Waals surface area contributed by atoms with Gasteiger partial charge >= 0.3 is 0 Å². The van der Waals surface area contributed by atoms with Gasteiger partial charge in [-0.2, -0.15) is 11.8 Å². The van der Waals surface area contributed by atoms with Crippen molar-refractivity contribution in [2.45, 2.75) is 52.6 Å². The van der Waals surface area contributed by atoms with E-state index < -0.39 is 10.8 Å². The molecule has 5 heteroatoms. The van der Waals surface area contributed by atoms with E-state index in [1.807, 2.05) is 0 Å². The lowest BCUT2D eigenvalue weighted by molar-refractivity contribution is 0.240. The lowest BCUT2D eigenvalue weighted by Crippen LogP contribution is -2.33. The quantitative estimate of drug-likeness (QED) is 0.775. The molecule has 0 aromatic heterocycles. The molecule has 1 atom stereocenters. The molecule has 2 heterocycles. The van der Waals surface area contributed by atoms with Crippen molar-refractivity contribution >= 4 is 22.6 Å². The Morgan fingerprint density at radius 2 is 1.43 bits per heavy atom. The van der Waals surface area contributed by atoms with Crippen LogP contribution in [-0.2, 0) is 10.8 Å². The van der Waals surface area contributed by atoms with Gasteiger partial charge in [0, 0.05) is 53.2 Å². The Bertz CT molecular complexity index is 290. The lowest BCUT2D eigenvalue weighted by Gasteiger charge is -2.23. The van der Waals surface area contributed by atoms with Gasteiger partial charge in [0.1, 0.15) is 0 Å². The van der Waals surface area contributed by atoms with Crippen LogP contribution in [0.4, 0.5) is 0 Å². The van der Waals surface area contributed by atoms with Crippen LogP contribution < -0.4 is 0 Å². The summed E-state index contributed by atoms with van der Waals surface area (Å²) in [4.78, 5) is 4.98. The number of thioether (sulfide) groups is 1. The molecule has 0 aromatic carbocycles. The van der Waals surface area contributed by atoms with Gasteiger partial charge < -0.3 is 4.90 Å². The van der Waals surface area contributed by atoms with Crippen molar-refractivity contribution in [3.63, 3.8) is 0 Å². The van der Waals surface area contributed by atoms with Gasteiger partial charge in [0.15, 0.2) is 0 Å². The fraction of sp³-hybridized carbons (Fsp3) is 1.00. The van der Waals surface area contributed by atoms with Gasteiger partial charge in [-0.05, 0) is 59.4 Å². The highest BCUT2D eigenvalue weighted by atomic mass is 32.2. The van der Waals surface area contributed by atoms with Crippen LogP contribution in [0.15, 0.2) is 0 Å². The smallest absolute Gasteiger partial charge is 0.0362 e. The summed E-state index contributed by atoms with van der Waals surface area (Å²) in [6, 6.07) is 1.36. The van der Waals surface area contributed by atoms with E-state index in [4.69, 9.17) is 0 Å². The monoisotopic (exact) mass is 334 g/mol. The molecule has 126 valence electrons. The minimum Gasteiger partial charge on any atom is -0.300 e. The van der Waals surface area contributed by atoms with Crippen LogP contribution in [-0.4, -0.2) is 75.3 Å². The molecule has 3 nitrogen and oxygen atoms in total. The zero-order chi connectivity index (χ0) is 15.7. The van der Waals surface area contributed by atoms with E-state index >= 15 is 0 Å². The minimum absolute atomic E-state index is 0.536. The van der Waals surface area contributed by atoms with Gasteiger partial charge in [0.2, 0.25) is 0 Å². The highest BCUT2D eigenvalue weighted by molar-refractivity contribution is 7.99. The van der Waals surface area contributed by atoms with Gasteiger partial charge in [0.05, 0.1) is 0 Å². The average molecular weight is 335 g/mol. The first-order valence-corrected chi connectivity index (χ1v) is 11.1. The maximum atomic E-state index is 11.1.